The summed E-state index contributed by atoms with van der Waals surface area (Å²) in [6, 6.07) is 0.508. The zero-order valence-electron chi connectivity index (χ0n) is 12.2. The van der Waals surface area contributed by atoms with E-state index in [1.165, 1.54) is 17.1 Å². The van der Waals surface area contributed by atoms with E-state index in [-0.39, 0.29) is 6.04 Å². The average Bonchev–Trinajstić information content (AvgIpc) is 3.17. The second-order valence-corrected chi connectivity index (χ2v) is 6.90. The minimum Gasteiger partial charge on any atom is -0.383 e. The maximum Gasteiger partial charge on any atom is 0.279 e. The van der Waals surface area contributed by atoms with Gasteiger partial charge in [-0.2, -0.15) is 17.4 Å². The van der Waals surface area contributed by atoms with Crippen LogP contribution in [0.25, 0.3) is 0 Å². The molecule has 0 amide bonds. The lowest BCUT2D eigenvalue weighted by molar-refractivity contribution is 0.172. The molecule has 6 nitrogen and oxygen atoms in total. The molecule has 7 heteroatoms. The van der Waals surface area contributed by atoms with Gasteiger partial charge in [0.2, 0.25) is 0 Å². The molecule has 1 rings (SSSR count). The van der Waals surface area contributed by atoms with Crippen LogP contribution < -0.4 is 10.0 Å². The van der Waals surface area contributed by atoms with Gasteiger partial charge in [0, 0.05) is 32.8 Å². The van der Waals surface area contributed by atoms with Crippen molar-refractivity contribution in [2.24, 2.45) is 0 Å². The van der Waals surface area contributed by atoms with Crippen LogP contribution in [0.3, 0.4) is 0 Å². The summed E-state index contributed by atoms with van der Waals surface area (Å²) in [5, 5.41) is 3.37. The van der Waals surface area contributed by atoms with Crippen LogP contribution in [0.15, 0.2) is 0 Å². The van der Waals surface area contributed by atoms with Crippen molar-refractivity contribution in [1.29, 1.82) is 0 Å². The fraction of sp³-hybridized carbons (Fsp3) is 1.00. The summed E-state index contributed by atoms with van der Waals surface area (Å²) in [4.78, 5) is 0. The lowest BCUT2D eigenvalue weighted by atomic mass is 10.3. The number of methoxy groups -OCH3 is 1. The minimum absolute atomic E-state index is 0.165. The Balaban J connectivity index is 2.27. The molecule has 0 aromatic carbocycles. The Morgan fingerprint density at radius 3 is 2.63 bits per heavy atom. The summed E-state index contributed by atoms with van der Waals surface area (Å²) >= 11 is 0. The summed E-state index contributed by atoms with van der Waals surface area (Å²) < 4.78 is 33.1. The van der Waals surface area contributed by atoms with E-state index >= 15 is 0 Å². The van der Waals surface area contributed by atoms with E-state index in [9.17, 15) is 8.42 Å². The largest absolute Gasteiger partial charge is 0.383 e. The van der Waals surface area contributed by atoms with Gasteiger partial charge in [0.25, 0.3) is 10.2 Å². The number of hydrogen-bond acceptors (Lipinski definition) is 4. The zero-order chi connectivity index (χ0) is 14.3. The molecule has 1 atom stereocenters. The minimum atomic E-state index is -3.40. The molecule has 0 saturated heterocycles. The van der Waals surface area contributed by atoms with Crippen molar-refractivity contribution in [3.8, 4) is 0 Å². The second kappa shape index (κ2) is 8.16. The molecular weight excluding hydrogens is 266 g/mol. The van der Waals surface area contributed by atoms with E-state index in [2.05, 4.69) is 10.0 Å². The van der Waals surface area contributed by atoms with E-state index in [0.717, 1.165) is 13.0 Å². The summed E-state index contributed by atoms with van der Waals surface area (Å²) in [5.41, 5.74) is 0. The Morgan fingerprint density at radius 1 is 1.42 bits per heavy atom. The third-order valence-corrected chi connectivity index (χ3v) is 4.88. The van der Waals surface area contributed by atoms with E-state index in [0.29, 0.717) is 25.6 Å². The Bertz CT molecular complexity index is 344. The van der Waals surface area contributed by atoms with Crippen LogP contribution in [-0.4, -0.2) is 58.7 Å². The Labute approximate surface area is 117 Å². The average molecular weight is 293 g/mol. The number of ether oxygens (including phenoxy) is 1. The predicted octanol–water partition coefficient (Wildman–Crippen LogP) is 0.320. The first-order chi connectivity index (χ1) is 8.99. The predicted molar refractivity (Wildman–Crippen MR) is 76.3 cm³/mol. The fourth-order valence-corrected chi connectivity index (χ4v) is 2.96. The SMILES string of the molecule is CCC(COC)NS(=O)(=O)N(C)CCCNC1CC1. The highest BCUT2D eigenvalue weighted by molar-refractivity contribution is 7.87. The number of nitrogens with one attached hydrogen (secondary N) is 2. The quantitative estimate of drug-likeness (QED) is 0.538. The maximum atomic E-state index is 12.1. The van der Waals surface area contributed by atoms with Crippen molar-refractivity contribution in [2.45, 2.75) is 44.7 Å². The van der Waals surface area contributed by atoms with E-state index in [1.54, 1.807) is 14.2 Å². The van der Waals surface area contributed by atoms with Crippen molar-refractivity contribution in [1.82, 2.24) is 14.3 Å². The molecule has 0 heterocycles. The van der Waals surface area contributed by atoms with Crippen LogP contribution in [0, 0.1) is 0 Å². The molecule has 0 aromatic rings. The maximum absolute atomic E-state index is 12.1. The highest BCUT2D eigenvalue weighted by Crippen LogP contribution is 2.18. The molecule has 1 unspecified atom stereocenters. The monoisotopic (exact) mass is 293 g/mol. The zero-order valence-corrected chi connectivity index (χ0v) is 13.0. The fourth-order valence-electron chi connectivity index (χ4n) is 1.75. The summed E-state index contributed by atoms with van der Waals surface area (Å²) in [6.07, 6.45) is 4.05. The molecule has 2 N–H and O–H groups in total. The number of rotatable bonds is 11. The standard InChI is InChI=1S/C12H27N3O3S/c1-4-11(10-18-3)14-19(16,17)15(2)9-5-8-13-12-6-7-12/h11-14H,4-10H2,1-3H3. The van der Waals surface area contributed by atoms with Crippen molar-refractivity contribution < 1.29 is 13.2 Å². The molecule has 1 aliphatic rings. The molecule has 0 bridgehead atoms. The first-order valence-electron chi connectivity index (χ1n) is 6.95. The van der Waals surface area contributed by atoms with Gasteiger partial charge in [-0.05, 0) is 32.2 Å². The van der Waals surface area contributed by atoms with Crippen molar-refractivity contribution in [3.63, 3.8) is 0 Å². The Morgan fingerprint density at radius 2 is 2.11 bits per heavy atom. The second-order valence-electron chi connectivity index (χ2n) is 5.09. The Kier molecular flexibility index (Phi) is 7.23. The van der Waals surface area contributed by atoms with Crippen LogP contribution in [0.1, 0.15) is 32.6 Å². The summed E-state index contributed by atoms with van der Waals surface area (Å²) in [6.45, 7) is 3.73. The number of hydrogen-bond donors (Lipinski definition) is 2. The van der Waals surface area contributed by atoms with Crippen molar-refractivity contribution in [2.75, 3.05) is 33.9 Å². The smallest absolute Gasteiger partial charge is 0.279 e. The van der Waals surface area contributed by atoms with Crippen LogP contribution in [0.5, 0.6) is 0 Å². The molecule has 114 valence electrons. The van der Waals surface area contributed by atoms with Crippen LogP contribution in [-0.2, 0) is 14.9 Å². The van der Waals surface area contributed by atoms with Gasteiger partial charge in [-0.25, -0.2) is 0 Å². The van der Waals surface area contributed by atoms with E-state index in [4.69, 9.17) is 4.74 Å². The van der Waals surface area contributed by atoms with Crippen LogP contribution in [0.2, 0.25) is 0 Å². The van der Waals surface area contributed by atoms with E-state index < -0.39 is 10.2 Å². The van der Waals surface area contributed by atoms with Crippen molar-refractivity contribution in [3.05, 3.63) is 0 Å². The first kappa shape index (κ1) is 16.8. The molecule has 19 heavy (non-hydrogen) atoms. The molecule has 0 radical (unpaired) electrons. The molecule has 1 fully saturated rings. The molecule has 1 saturated carbocycles. The van der Waals surface area contributed by atoms with Crippen LogP contribution in [0.4, 0.5) is 0 Å². The molecule has 0 aromatic heterocycles. The molecule has 0 spiro atoms. The van der Waals surface area contributed by atoms with Gasteiger partial charge in [0.05, 0.1) is 6.61 Å². The third kappa shape index (κ3) is 6.67. The highest BCUT2D eigenvalue weighted by Gasteiger charge is 2.22. The molecule has 1 aliphatic carbocycles. The van der Waals surface area contributed by atoms with Crippen LogP contribution >= 0.6 is 0 Å². The summed E-state index contributed by atoms with van der Waals surface area (Å²) in [7, 11) is -0.220. The third-order valence-electron chi connectivity index (χ3n) is 3.25. The van der Waals surface area contributed by atoms with Gasteiger partial charge in [-0.1, -0.05) is 6.92 Å². The van der Waals surface area contributed by atoms with Gasteiger partial charge in [-0.15, -0.1) is 0 Å². The number of nitrogens with zero attached hydrogens (tertiary/aromatic N) is 1. The van der Waals surface area contributed by atoms with Gasteiger partial charge in [-0.3, -0.25) is 0 Å². The summed E-state index contributed by atoms with van der Waals surface area (Å²) in [5.74, 6) is 0. The van der Waals surface area contributed by atoms with Gasteiger partial charge < -0.3 is 10.1 Å². The Hall–Kier alpha value is -0.210. The molecule has 0 aliphatic heterocycles. The van der Waals surface area contributed by atoms with E-state index in [1.807, 2.05) is 6.92 Å². The van der Waals surface area contributed by atoms with Gasteiger partial charge >= 0.3 is 0 Å². The topological polar surface area (TPSA) is 70.7 Å². The lowest BCUT2D eigenvalue weighted by Crippen LogP contribution is -2.45. The normalized spacial score (nSPS) is 17.9. The first-order valence-corrected chi connectivity index (χ1v) is 8.39. The van der Waals surface area contributed by atoms with Gasteiger partial charge in [0.1, 0.15) is 0 Å². The highest BCUT2D eigenvalue weighted by atomic mass is 32.2. The molecular formula is C12H27N3O3S. The van der Waals surface area contributed by atoms with Crippen molar-refractivity contribution >= 4 is 10.2 Å². The lowest BCUT2D eigenvalue weighted by Gasteiger charge is -2.22. The van der Waals surface area contributed by atoms with Gasteiger partial charge in [0.15, 0.2) is 0 Å².